The second-order valence-corrected chi connectivity index (χ2v) is 11.2. The number of ether oxygens (including phenoxy) is 2. The van der Waals surface area contributed by atoms with Gasteiger partial charge in [-0.1, -0.05) is 79.7 Å². The van der Waals surface area contributed by atoms with Gasteiger partial charge in [0.2, 0.25) is 0 Å². The molecule has 1 fully saturated rings. The molecular formula is C35H41N3O4. The Morgan fingerprint density at radius 1 is 0.929 bits per heavy atom. The standard InChI is InChI=1S/C35H41N3O4/c1-5-36-35(40)37-31-12-8-11-30(20-31)34-41-32(23(2)33(42-34)27-15-13-25(22-39)14-16-27)21-38(4)24(3)28-18-17-26-9-6-7-10-29(26)19-28/h6-20,23-24,32-34,39H,5,21-22H2,1-4H3,(H2,36,37,40)/t23-,24+,32+,33+,34+/m0/s1. The number of hydrogen-bond acceptors (Lipinski definition) is 5. The molecule has 2 amide bonds. The van der Waals surface area contributed by atoms with Gasteiger partial charge in [0.05, 0.1) is 18.8 Å². The first-order valence-electron chi connectivity index (χ1n) is 14.7. The molecule has 7 nitrogen and oxygen atoms in total. The SMILES string of the molecule is CCNC(=O)Nc1cccc([C@@H]2O[C@H](CN(C)[C@H](C)c3ccc4ccccc4c3)[C@H](C)[C@H](c3ccc(CO)cc3)O2)c1. The second-order valence-electron chi connectivity index (χ2n) is 11.2. The molecule has 4 aromatic rings. The number of aliphatic hydroxyl groups excluding tert-OH is 1. The normalized spacial score (nSPS) is 21.3. The molecule has 1 heterocycles. The zero-order chi connectivity index (χ0) is 29.6. The number of likely N-dealkylation sites (N-methyl/N-ethyl adjacent to an activating group) is 1. The average Bonchev–Trinajstić information content (AvgIpc) is 3.01. The molecule has 0 radical (unpaired) electrons. The molecule has 42 heavy (non-hydrogen) atoms. The maximum atomic E-state index is 12.2. The third-order valence-corrected chi connectivity index (χ3v) is 8.26. The fraction of sp³-hybridized carbons (Fsp3) is 0.343. The van der Waals surface area contributed by atoms with E-state index >= 15 is 0 Å². The molecule has 3 N–H and O–H groups in total. The van der Waals surface area contributed by atoms with Crippen LogP contribution in [0.2, 0.25) is 0 Å². The highest BCUT2D eigenvalue weighted by molar-refractivity contribution is 5.89. The van der Waals surface area contributed by atoms with E-state index in [-0.39, 0.29) is 36.8 Å². The van der Waals surface area contributed by atoms with E-state index in [0.717, 1.165) is 16.7 Å². The van der Waals surface area contributed by atoms with Gasteiger partial charge in [-0.2, -0.15) is 0 Å². The molecule has 1 aliphatic rings. The first-order valence-corrected chi connectivity index (χ1v) is 14.7. The van der Waals surface area contributed by atoms with Crippen molar-refractivity contribution in [1.29, 1.82) is 0 Å². The fourth-order valence-electron chi connectivity index (χ4n) is 5.59. The first-order chi connectivity index (χ1) is 20.4. The van der Waals surface area contributed by atoms with Crippen molar-refractivity contribution in [3.8, 4) is 0 Å². The van der Waals surface area contributed by atoms with Gasteiger partial charge >= 0.3 is 6.03 Å². The van der Waals surface area contributed by atoms with Crippen LogP contribution in [0.1, 0.15) is 61.5 Å². The highest BCUT2D eigenvalue weighted by Crippen LogP contribution is 2.42. The molecule has 0 aliphatic carbocycles. The van der Waals surface area contributed by atoms with E-state index in [4.69, 9.17) is 9.47 Å². The topological polar surface area (TPSA) is 83.1 Å². The van der Waals surface area contributed by atoms with Crippen LogP contribution in [0.5, 0.6) is 0 Å². The number of nitrogens with zero attached hydrogens (tertiary/aromatic N) is 1. The largest absolute Gasteiger partial charge is 0.392 e. The van der Waals surface area contributed by atoms with E-state index in [9.17, 15) is 9.90 Å². The van der Waals surface area contributed by atoms with E-state index in [1.165, 1.54) is 16.3 Å². The maximum absolute atomic E-state index is 12.2. The minimum absolute atomic E-state index is 0.00141. The van der Waals surface area contributed by atoms with Gasteiger partial charge in [-0.3, -0.25) is 4.90 Å². The van der Waals surface area contributed by atoms with Crippen LogP contribution < -0.4 is 10.6 Å². The summed E-state index contributed by atoms with van der Waals surface area (Å²) in [5.41, 5.74) is 4.67. The Hall–Kier alpha value is -3.75. The molecule has 1 aliphatic heterocycles. The summed E-state index contributed by atoms with van der Waals surface area (Å²) in [6.45, 7) is 7.53. The van der Waals surface area contributed by atoms with E-state index < -0.39 is 6.29 Å². The maximum Gasteiger partial charge on any atom is 0.319 e. The predicted octanol–water partition coefficient (Wildman–Crippen LogP) is 6.96. The van der Waals surface area contributed by atoms with Crippen LogP contribution in [0.4, 0.5) is 10.5 Å². The number of carbonyl (C=O) groups excluding carboxylic acids is 1. The van der Waals surface area contributed by atoms with Crippen molar-refractivity contribution in [3.05, 3.63) is 113 Å². The number of urea groups is 1. The number of fused-ring (bicyclic) bond motifs is 1. The molecular weight excluding hydrogens is 526 g/mol. The zero-order valence-corrected chi connectivity index (χ0v) is 24.8. The molecule has 220 valence electrons. The van der Waals surface area contributed by atoms with Gasteiger partial charge in [-0.15, -0.1) is 0 Å². The van der Waals surface area contributed by atoms with Gasteiger partial charge in [0.15, 0.2) is 6.29 Å². The third-order valence-electron chi connectivity index (χ3n) is 8.26. The van der Waals surface area contributed by atoms with Crippen LogP contribution in [-0.2, 0) is 16.1 Å². The molecule has 0 spiro atoms. The summed E-state index contributed by atoms with van der Waals surface area (Å²) >= 11 is 0. The van der Waals surface area contributed by atoms with Crippen LogP contribution in [0.3, 0.4) is 0 Å². The van der Waals surface area contributed by atoms with E-state index in [1.54, 1.807) is 0 Å². The minimum Gasteiger partial charge on any atom is -0.392 e. The Balaban J connectivity index is 1.40. The number of benzene rings is 4. The summed E-state index contributed by atoms with van der Waals surface area (Å²) in [7, 11) is 2.14. The van der Waals surface area contributed by atoms with Gasteiger partial charge in [0.1, 0.15) is 0 Å². The molecule has 0 saturated carbocycles. The Morgan fingerprint density at radius 2 is 1.69 bits per heavy atom. The molecule has 0 aromatic heterocycles. The number of rotatable bonds is 9. The number of carbonyl (C=O) groups is 1. The predicted molar refractivity (Wildman–Crippen MR) is 167 cm³/mol. The van der Waals surface area contributed by atoms with Crippen LogP contribution in [0.15, 0.2) is 91.0 Å². The summed E-state index contributed by atoms with van der Waals surface area (Å²) in [5, 5.41) is 17.7. The lowest BCUT2D eigenvalue weighted by molar-refractivity contribution is -0.276. The van der Waals surface area contributed by atoms with Crippen molar-refractivity contribution in [2.75, 3.05) is 25.5 Å². The van der Waals surface area contributed by atoms with Crippen LogP contribution in [0, 0.1) is 5.92 Å². The minimum atomic E-state index is -0.617. The molecule has 5 atom stereocenters. The second kappa shape index (κ2) is 13.5. The highest BCUT2D eigenvalue weighted by atomic mass is 16.7. The Morgan fingerprint density at radius 3 is 2.43 bits per heavy atom. The number of hydrogen-bond donors (Lipinski definition) is 3. The Bertz CT molecular complexity index is 1490. The van der Waals surface area contributed by atoms with Crippen LogP contribution >= 0.6 is 0 Å². The monoisotopic (exact) mass is 567 g/mol. The summed E-state index contributed by atoms with van der Waals surface area (Å²) in [6, 6.07) is 30.6. The lowest BCUT2D eigenvalue weighted by Crippen LogP contribution is -2.44. The van der Waals surface area contributed by atoms with Crippen molar-refractivity contribution in [3.63, 3.8) is 0 Å². The van der Waals surface area contributed by atoms with Gasteiger partial charge in [-0.25, -0.2) is 4.79 Å². The average molecular weight is 568 g/mol. The van der Waals surface area contributed by atoms with E-state index in [2.05, 4.69) is 78.9 Å². The number of nitrogens with one attached hydrogen (secondary N) is 2. The van der Waals surface area contributed by atoms with Gasteiger partial charge in [0, 0.05) is 36.3 Å². The number of amides is 2. The third kappa shape index (κ3) is 6.82. The highest BCUT2D eigenvalue weighted by Gasteiger charge is 2.39. The Labute approximate surface area is 248 Å². The van der Waals surface area contributed by atoms with Crippen molar-refractivity contribution < 1.29 is 19.4 Å². The summed E-state index contributed by atoms with van der Waals surface area (Å²) in [6.07, 6.45) is -0.959. The molecule has 7 heteroatoms. The van der Waals surface area contributed by atoms with Crippen LogP contribution in [0.25, 0.3) is 10.8 Å². The molecule has 1 saturated heterocycles. The van der Waals surface area contributed by atoms with Gasteiger partial charge < -0.3 is 25.2 Å². The molecule has 0 unspecified atom stereocenters. The summed E-state index contributed by atoms with van der Waals surface area (Å²) in [4.78, 5) is 14.5. The van der Waals surface area contributed by atoms with Crippen molar-refractivity contribution in [1.82, 2.24) is 10.2 Å². The summed E-state index contributed by atoms with van der Waals surface area (Å²) in [5.74, 6) is 0.0594. The van der Waals surface area contributed by atoms with Crippen LogP contribution in [-0.4, -0.2) is 42.3 Å². The van der Waals surface area contributed by atoms with Crippen molar-refractivity contribution in [2.24, 2.45) is 5.92 Å². The van der Waals surface area contributed by atoms with E-state index in [1.807, 2.05) is 55.5 Å². The van der Waals surface area contributed by atoms with Gasteiger partial charge in [0.25, 0.3) is 0 Å². The Kier molecular flexibility index (Phi) is 9.55. The molecule has 0 bridgehead atoms. The first kappa shape index (κ1) is 29.7. The lowest BCUT2D eigenvalue weighted by Gasteiger charge is -2.43. The van der Waals surface area contributed by atoms with Gasteiger partial charge in [-0.05, 0) is 66.6 Å². The molecule has 5 rings (SSSR count). The number of aliphatic hydroxyl groups is 1. The fourth-order valence-corrected chi connectivity index (χ4v) is 5.59. The molecule has 4 aromatic carbocycles. The van der Waals surface area contributed by atoms with Crippen molar-refractivity contribution >= 4 is 22.5 Å². The summed E-state index contributed by atoms with van der Waals surface area (Å²) < 4.78 is 13.3. The number of anilines is 1. The van der Waals surface area contributed by atoms with E-state index in [0.29, 0.717) is 18.8 Å². The zero-order valence-electron chi connectivity index (χ0n) is 24.8. The lowest BCUT2D eigenvalue weighted by atomic mass is 9.89. The quantitative estimate of drug-likeness (QED) is 0.204. The smallest absolute Gasteiger partial charge is 0.319 e. The van der Waals surface area contributed by atoms with Crippen molar-refractivity contribution in [2.45, 2.75) is 51.9 Å².